The predicted molar refractivity (Wildman–Crippen MR) is 91.0 cm³/mol. The quantitative estimate of drug-likeness (QED) is 0.870. The van der Waals surface area contributed by atoms with Crippen LogP contribution in [0, 0.1) is 12.7 Å². The Morgan fingerprint density at radius 1 is 1.12 bits per heavy atom. The van der Waals surface area contributed by atoms with Gasteiger partial charge < -0.3 is 5.32 Å². The molecule has 0 aliphatic carbocycles. The molecule has 0 aliphatic rings. The van der Waals surface area contributed by atoms with Crippen LogP contribution in [0.2, 0.25) is 0 Å². The van der Waals surface area contributed by atoms with Gasteiger partial charge in [-0.3, -0.25) is 9.52 Å². The lowest BCUT2D eigenvalue weighted by molar-refractivity contribution is 0.0942. The van der Waals surface area contributed by atoms with Crippen molar-refractivity contribution in [2.75, 3.05) is 4.72 Å². The number of anilines is 1. The van der Waals surface area contributed by atoms with Crippen LogP contribution in [0.4, 0.5) is 10.1 Å². The SMILES string of the molecule is Cc1ccc(S(=O)(=O)Nc2cccc(F)c2)cc1C(=O)NC(C)C. The third-order valence-corrected chi connectivity index (χ3v) is 4.64. The summed E-state index contributed by atoms with van der Waals surface area (Å²) in [5.41, 5.74) is 1.06. The van der Waals surface area contributed by atoms with Gasteiger partial charge in [0, 0.05) is 11.6 Å². The zero-order valence-corrected chi connectivity index (χ0v) is 14.4. The van der Waals surface area contributed by atoms with E-state index in [1.54, 1.807) is 13.0 Å². The van der Waals surface area contributed by atoms with Crippen LogP contribution >= 0.6 is 0 Å². The highest BCUT2D eigenvalue weighted by atomic mass is 32.2. The molecule has 0 heterocycles. The first-order chi connectivity index (χ1) is 11.2. The van der Waals surface area contributed by atoms with Gasteiger partial charge in [0.1, 0.15) is 5.82 Å². The predicted octanol–water partition coefficient (Wildman–Crippen LogP) is 3.07. The van der Waals surface area contributed by atoms with Gasteiger partial charge in [-0.15, -0.1) is 0 Å². The Balaban J connectivity index is 2.35. The molecule has 24 heavy (non-hydrogen) atoms. The minimum atomic E-state index is -3.93. The maximum Gasteiger partial charge on any atom is 0.261 e. The van der Waals surface area contributed by atoms with Gasteiger partial charge in [-0.2, -0.15) is 0 Å². The van der Waals surface area contributed by atoms with Crippen LogP contribution in [-0.4, -0.2) is 20.4 Å². The molecule has 1 amide bonds. The van der Waals surface area contributed by atoms with E-state index in [1.165, 1.54) is 30.3 Å². The number of hydrogen-bond acceptors (Lipinski definition) is 3. The second-order valence-electron chi connectivity index (χ2n) is 5.72. The number of amides is 1. The number of halogens is 1. The fourth-order valence-electron chi connectivity index (χ4n) is 2.12. The summed E-state index contributed by atoms with van der Waals surface area (Å²) in [5, 5.41) is 2.73. The molecule has 0 atom stereocenters. The van der Waals surface area contributed by atoms with Crippen molar-refractivity contribution in [1.29, 1.82) is 0 Å². The van der Waals surface area contributed by atoms with Crippen molar-refractivity contribution in [1.82, 2.24) is 5.32 Å². The Hall–Kier alpha value is -2.41. The van der Waals surface area contributed by atoms with Gasteiger partial charge in [-0.25, -0.2) is 12.8 Å². The molecule has 0 saturated carbocycles. The van der Waals surface area contributed by atoms with Crippen molar-refractivity contribution in [2.24, 2.45) is 0 Å². The van der Waals surface area contributed by atoms with Gasteiger partial charge in [-0.1, -0.05) is 12.1 Å². The molecule has 0 fully saturated rings. The molecular formula is C17H19FN2O3S. The molecule has 2 N–H and O–H groups in total. The first kappa shape index (κ1) is 17.9. The van der Waals surface area contributed by atoms with Crippen molar-refractivity contribution in [3.05, 3.63) is 59.4 Å². The minimum absolute atomic E-state index is 0.0636. The Labute approximate surface area is 141 Å². The largest absolute Gasteiger partial charge is 0.350 e. The Kier molecular flexibility index (Phi) is 5.23. The summed E-state index contributed by atoms with van der Waals surface area (Å²) in [6, 6.07) is 9.37. The van der Waals surface area contributed by atoms with E-state index in [-0.39, 0.29) is 28.1 Å². The number of rotatable bonds is 5. The topological polar surface area (TPSA) is 75.3 Å². The average molecular weight is 350 g/mol. The molecule has 0 radical (unpaired) electrons. The summed E-state index contributed by atoms with van der Waals surface area (Å²) in [4.78, 5) is 12.1. The molecule has 0 aromatic heterocycles. The molecule has 0 bridgehead atoms. The maximum atomic E-state index is 13.2. The zero-order valence-electron chi connectivity index (χ0n) is 13.6. The monoisotopic (exact) mass is 350 g/mol. The lowest BCUT2D eigenvalue weighted by atomic mass is 10.1. The van der Waals surface area contributed by atoms with Crippen LogP contribution in [0.5, 0.6) is 0 Å². The molecule has 5 nitrogen and oxygen atoms in total. The third kappa shape index (κ3) is 4.32. The summed E-state index contributed by atoms with van der Waals surface area (Å²) in [5.74, 6) is -0.888. The molecule has 0 saturated heterocycles. The van der Waals surface area contributed by atoms with Crippen molar-refractivity contribution >= 4 is 21.6 Å². The van der Waals surface area contributed by atoms with E-state index >= 15 is 0 Å². The van der Waals surface area contributed by atoms with Crippen LogP contribution < -0.4 is 10.0 Å². The van der Waals surface area contributed by atoms with E-state index in [4.69, 9.17) is 0 Å². The van der Waals surface area contributed by atoms with Crippen molar-refractivity contribution < 1.29 is 17.6 Å². The normalized spacial score (nSPS) is 11.4. The molecule has 0 spiro atoms. The second-order valence-corrected chi connectivity index (χ2v) is 7.40. The lowest BCUT2D eigenvalue weighted by Gasteiger charge is -2.13. The number of sulfonamides is 1. The molecule has 7 heteroatoms. The van der Waals surface area contributed by atoms with Crippen molar-refractivity contribution in [3.8, 4) is 0 Å². The molecule has 0 aliphatic heterocycles. The van der Waals surface area contributed by atoms with Crippen LogP contribution in [0.15, 0.2) is 47.4 Å². The first-order valence-corrected chi connectivity index (χ1v) is 8.87. The highest BCUT2D eigenvalue weighted by molar-refractivity contribution is 7.92. The van der Waals surface area contributed by atoms with E-state index in [9.17, 15) is 17.6 Å². The van der Waals surface area contributed by atoms with Gasteiger partial charge in [0.2, 0.25) is 0 Å². The Bertz CT molecular complexity index is 864. The summed E-state index contributed by atoms with van der Waals surface area (Å²) < 4.78 is 40.4. The standard InChI is InChI=1S/C17H19FN2O3S/c1-11(2)19-17(21)16-10-15(8-7-12(16)3)24(22,23)20-14-6-4-5-13(18)9-14/h4-11,20H,1-3H3,(H,19,21). The van der Waals surface area contributed by atoms with Gasteiger partial charge in [0.15, 0.2) is 0 Å². The third-order valence-electron chi connectivity index (χ3n) is 3.26. The summed E-state index contributed by atoms with van der Waals surface area (Å²) in [6.45, 7) is 5.37. The molecule has 2 aromatic carbocycles. The van der Waals surface area contributed by atoms with Crippen molar-refractivity contribution in [2.45, 2.75) is 31.7 Å². The van der Waals surface area contributed by atoms with E-state index in [0.717, 1.165) is 6.07 Å². The molecule has 2 rings (SSSR count). The highest BCUT2D eigenvalue weighted by Crippen LogP contribution is 2.20. The summed E-state index contributed by atoms with van der Waals surface area (Å²) >= 11 is 0. The zero-order chi connectivity index (χ0) is 17.9. The van der Waals surface area contributed by atoms with Gasteiger partial charge >= 0.3 is 0 Å². The number of carbonyl (C=O) groups is 1. The van der Waals surface area contributed by atoms with E-state index in [2.05, 4.69) is 10.0 Å². The van der Waals surface area contributed by atoms with Crippen molar-refractivity contribution in [3.63, 3.8) is 0 Å². The Morgan fingerprint density at radius 3 is 2.46 bits per heavy atom. The van der Waals surface area contributed by atoms with Gasteiger partial charge in [0.25, 0.3) is 15.9 Å². The second kappa shape index (κ2) is 7.00. The summed E-state index contributed by atoms with van der Waals surface area (Å²) in [6.07, 6.45) is 0. The highest BCUT2D eigenvalue weighted by Gasteiger charge is 2.18. The first-order valence-electron chi connectivity index (χ1n) is 7.39. The van der Waals surface area contributed by atoms with Crippen LogP contribution in [-0.2, 0) is 10.0 Å². The summed E-state index contributed by atoms with van der Waals surface area (Å²) in [7, 11) is -3.93. The van der Waals surface area contributed by atoms with Crippen LogP contribution in [0.3, 0.4) is 0 Å². The fourth-order valence-corrected chi connectivity index (χ4v) is 3.19. The number of carbonyl (C=O) groups excluding carboxylic acids is 1. The number of hydrogen-bond donors (Lipinski definition) is 2. The number of nitrogens with one attached hydrogen (secondary N) is 2. The molecule has 2 aromatic rings. The molecule has 128 valence electrons. The number of aryl methyl sites for hydroxylation is 1. The Morgan fingerprint density at radius 2 is 1.83 bits per heavy atom. The maximum absolute atomic E-state index is 13.2. The lowest BCUT2D eigenvalue weighted by Crippen LogP contribution is -2.30. The van der Waals surface area contributed by atoms with E-state index in [1.807, 2.05) is 13.8 Å². The fraction of sp³-hybridized carbons (Fsp3) is 0.235. The number of benzene rings is 2. The van der Waals surface area contributed by atoms with E-state index in [0.29, 0.717) is 5.56 Å². The van der Waals surface area contributed by atoms with Gasteiger partial charge in [-0.05, 0) is 56.7 Å². The van der Waals surface area contributed by atoms with Crippen LogP contribution in [0.25, 0.3) is 0 Å². The van der Waals surface area contributed by atoms with Crippen LogP contribution in [0.1, 0.15) is 29.8 Å². The average Bonchev–Trinajstić information content (AvgIpc) is 2.46. The van der Waals surface area contributed by atoms with E-state index < -0.39 is 15.8 Å². The smallest absolute Gasteiger partial charge is 0.261 e. The molecule has 0 unspecified atom stereocenters. The minimum Gasteiger partial charge on any atom is -0.350 e. The molecular weight excluding hydrogens is 331 g/mol. The van der Waals surface area contributed by atoms with Gasteiger partial charge in [0.05, 0.1) is 10.6 Å².